The minimum atomic E-state index is -3.59. The van der Waals surface area contributed by atoms with E-state index in [1.807, 2.05) is 6.92 Å². The molecule has 0 bridgehead atoms. The van der Waals surface area contributed by atoms with Crippen molar-refractivity contribution in [2.45, 2.75) is 43.7 Å². The van der Waals surface area contributed by atoms with E-state index in [1.54, 1.807) is 31.2 Å². The second kappa shape index (κ2) is 9.80. The molecule has 2 aromatic carbocycles. The molecule has 1 atom stereocenters. The second-order valence-corrected chi connectivity index (χ2v) is 8.74. The van der Waals surface area contributed by atoms with Crippen LogP contribution >= 0.6 is 0 Å². The number of benzene rings is 2. The standard InChI is InChI=1S/C21H25N3O6S/c1-3-29-17-8-10-18(11-9-17)30-14(2)20(25)22-23-21(26)15-4-12-19(13-5-15)31(27,28)24-16-6-7-16/h4-5,8-14,16,24H,3,6-7H2,1-2H3,(H,22,25)(H,23,26). The molecule has 3 N–H and O–H groups in total. The third-order valence-corrected chi connectivity index (χ3v) is 5.98. The van der Waals surface area contributed by atoms with Crippen LogP contribution in [0.1, 0.15) is 37.0 Å². The molecule has 1 aliphatic carbocycles. The molecular formula is C21H25N3O6S. The van der Waals surface area contributed by atoms with E-state index in [4.69, 9.17) is 9.47 Å². The van der Waals surface area contributed by atoms with Crippen LogP contribution in [0.3, 0.4) is 0 Å². The molecule has 1 fully saturated rings. The molecule has 0 heterocycles. The number of ether oxygens (including phenoxy) is 2. The van der Waals surface area contributed by atoms with Gasteiger partial charge in [0.15, 0.2) is 6.10 Å². The number of sulfonamides is 1. The van der Waals surface area contributed by atoms with Crippen molar-refractivity contribution in [2.24, 2.45) is 0 Å². The Labute approximate surface area is 181 Å². The van der Waals surface area contributed by atoms with Crippen molar-refractivity contribution < 1.29 is 27.5 Å². The first-order chi connectivity index (χ1) is 14.8. The van der Waals surface area contributed by atoms with Crippen molar-refractivity contribution in [1.82, 2.24) is 15.6 Å². The molecule has 1 aliphatic rings. The molecule has 10 heteroatoms. The molecule has 2 aromatic rings. The lowest BCUT2D eigenvalue weighted by Gasteiger charge is -2.15. The number of carbonyl (C=O) groups excluding carboxylic acids is 2. The van der Waals surface area contributed by atoms with Gasteiger partial charge in [-0.3, -0.25) is 20.4 Å². The molecule has 9 nitrogen and oxygen atoms in total. The predicted octanol–water partition coefficient (Wildman–Crippen LogP) is 1.75. The quantitative estimate of drug-likeness (QED) is 0.504. The minimum Gasteiger partial charge on any atom is -0.494 e. The average molecular weight is 448 g/mol. The molecule has 1 unspecified atom stereocenters. The Morgan fingerprint density at radius 1 is 1.00 bits per heavy atom. The average Bonchev–Trinajstić information content (AvgIpc) is 3.56. The summed E-state index contributed by atoms with van der Waals surface area (Å²) in [6.45, 7) is 3.98. The number of hydrogen-bond donors (Lipinski definition) is 3. The van der Waals surface area contributed by atoms with Gasteiger partial charge in [0.25, 0.3) is 11.8 Å². The SMILES string of the molecule is CCOc1ccc(OC(C)C(=O)NNC(=O)c2ccc(S(=O)(=O)NC3CC3)cc2)cc1. The number of rotatable bonds is 9. The number of nitrogens with one attached hydrogen (secondary N) is 3. The van der Waals surface area contributed by atoms with Crippen molar-refractivity contribution in [2.75, 3.05) is 6.61 Å². The molecule has 3 rings (SSSR count). The molecule has 0 spiro atoms. The van der Waals surface area contributed by atoms with E-state index < -0.39 is 27.9 Å². The first kappa shape index (κ1) is 22.6. The monoisotopic (exact) mass is 447 g/mol. The smallest absolute Gasteiger partial charge is 0.279 e. The van der Waals surface area contributed by atoms with Gasteiger partial charge < -0.3 is 9.47 Å². The maximum Gasteiger partial charge on any atom is 0.279 e. The van der Waals surface area contributed by atoms with Gasteiger partial charge in [-0.05, 0) is 75.2 Å². The van der Waals surface area contributed by atoms with Gasteiger partial charge >= 0.3 is 0 Å². The zero-order valence-electron chi connectivity index (χ0n) is 17.3. The van der Waals surface area contributed by atoms with Crippen LogP contribution in [0.4, 0.5) is 0 Å². The van der Waals surface area contributed by atoms with Crippen molar-refractivity contribution >= 4 is 21.8 Å². The summed E-state index contributed by atoms with van der Waals surface area (Å²) in [4.78, 5) is 24.5. The third kappa shape index (κ3) is 6.43. The minimum absolute atomic E-state index is 0.00462. The Balaban J connectivity index is 1.49. The van der Waals surface area contributed by atoms with Gasteiger partial charge in [0.2, 0.25) is 10.0 Å². The Bertz CT molecular complexity index is 1020. The van der Waals surface area contributed by atoms with E-state index in [1.165, 1.54) is 24.3 Å². The summed E-state index contributed by atoms with van der Waals surface area (Å²) in [6, 6.07) is 12.3. The van der Waals surface area contributed by atoms with Crippen LogP contribution in [0.15, 0.2) is 53.4 Å². The van der Waals surface area contributed by atoms with Crippen LogP contribution in [-0.2, 0) is 14.8 Å². The summed E-state index contributed by atoms with van der Waals surface area (Å²) in [6.07, 6.45) is 0.805. The lowest BCUT2D eigenvalue weighted by molar-refractivity contribution is -0.128. The van der Waals surface area contributed by atoms with E-state index in [-0.39, 0.29) is 16.5 Å². The van der Waals surface area contributed by atoms with Crippen LogP contribution in [-0.4, -0.2) is 39.0 Å². The summed E-state index contributed by atoms with van der Waals surface area (Å²) < 4.78 is 37.8. The van der Waals surface area contributed by atoms with Crippen LogP contribution in [0.2, 0.25) is 0 Å². The molecule has 31 heavy (non-hydrogen) atoms. The molecule has 166 valence electrons. The van der Waals surface area contributed by atoms with Gasteiger partial charge in [0, 0.05) is 11.6 Å². The topological polar surface area (TPSA) is 123 Å². The largest absolute Gasteiger partial charge is 0.494 e. The molecular weight excluding hydrogens is 422 g/mol. The summed E-state index contributed by atoms with van der Waals surface area (Å²) >= 11 is 0. The van der Waals surface area contributed by atoms with E-state index in [9.17, 15) is 18.0 Å². The fraction of sp³-hybridized carbons (Fsp3) is 0.333. The Kier molecular flexibility index (Phi) is 7.13. The number of amides is 2. The predicted molar refractivity (Wildman–Crippen MR) is 113 cm³/mol. The van der Waals surface area contributed by atoms with Crippen molar-refractivity contribution in [3.05, 3.63) is 54.1 Å². The first-order valence-corrected chi connectivity index (χ1v) is 11.4. The molecule has 0 saturated heterocycles. The van der Waals surface area contributed by atoms with Gasteiger partial charge in [-0.2, -0.15) is 0 Å². The molecule has 1 saturated carbocycles. The highest BCUT2D eigenvalue weighted by Crippen LogP contribution is 2.22. The number of hydrogen-bond acceptors (Lipinski definition) is 6. The molecule has 0 aliphatic heterocycles. The van der Waals surface area contributed by atoms with Gasteiger partial charge in [0.1, 0.15) is 11.5 Å². The molecule has 2 amide bonds. The summed E-state index contributed by atoms with van der Waals surface area (Å²) in [7, 11) is -3.59. The maximum atomic E-state index is 12.2. The molecule has 0 aromatic heterocycles. The Morgan fingerprint density at radius 3 is 2.19 bits per heavy atom. The zero-order chi connectivity index (χ0) is 22.4. The lowest BCUT2D eigenvalue weighted by atomic mass is 10.2. The summed E-state index contributed by atoms with van der Waals surface area (Å²) in [5, 5.41) is 0. The van der Waals surface area contributed by atoms with Crippen LogP contribution < -0.4 is 25.0 Å². The van der Waals surface area contributed by atoms with Crippen LogP contribution in [0, 0.1) is 0 Å². The number of hydrazine groups is 1. The highest BCUT2D eigenvalue weighted by atomic mass is 32.2. The summed E-state index contributed by atoms with van der Waals surface area (Å²) in [5.41, 5.74) is 4.78. The van der Waals surface area contributed by atoms with E-state index in [2.05, 4.69) is 15.6 Å². The number of carbonyl (C=O) groups is 2. The van der Waals surface area contributed by atoms with Crippen molar-refractivity contribution in [1.29, 1.82) is 0 Å². The van der Waals surface area contributed by atoms with Gasteiger partial charge in [0.05, 0.1) is 11.5 Å². The fourth-order valence-electron chi connectivity index (χ4n) is 2.61. The highest BCUT2D eigenvalue weighted by Gasteiger charge is 2.28. The normalized spacial score (nSPS) is 14.4. The van der Waals surface area contributed by atoms with E-state index >= 15 is 0 Å². The fourth-order valence-corrected chi connectivity index (χ4v) is 3.91. The van der Waals surface area contributed by atoms with Crippen molar-refractivity contribution in [3.63, 3.8) is 0 Å². The lowest BCUT2D eigenvalue weighted by Crippen LogP contribution is -2.47. The van der Waals surface area contributed by atoms with Crippen molar-refractivity contribution in [3.8, 4) is 11.5 Å². The maximum absolute atomic E-state index is 12.2. The third-order valence-electron chi connectivity index (χ3n) is 4.44. The summed E-state index contributed by atoms with van der Waals surface area (Å²) in [5.74, 6) is 0.0474. The van der Waals surface area contributed by atoms with Crippen LogP contribution in [0.25, 0.3) is 0 Å². The van der Waals surface area contributed by atoms with Crippen LogP contribution in [0.5, 0.6) is 11.5 Å². The molecule has 0 radical (unpaired) electrons. The Hall–Kier alpha value is -3.11. The van der Waals surface area contributed by atoms with E-state index in [0.717, 1.165) is 12.8 Å². The van der Waals surface area contributed by atoms with Gasteiger partial charge in [-0.15, -0.1) is 0 Å². The second-order valence-electron chi connectivity index (χ2n) is 7.03. The Morgan fingerprint density at radius 2 is 1.61 bits per heavy atom. The zero-order valence-corrected chi connectivity index (χ0v) is 18.1. The first-order valence-electron chi connectivity index (χ1n) is 9.90. The van der Waals surface area contributed by atoms with E-state index in [0.29, 0.717) is 18.1 Å². The van der Waals surface area contributed by atoms with Gasteiger partial charge in [-0.25, -0.2) is 13.1 Å². The van der Waals surface area contributed by atoms with Gasteiger partial charge in [-0.1, -0.05) is 0 Å². The highest BCUT2D eigenvalue weighted by molar-refractivity contribution is 7.89.